The van der Waals surface area contributed by atoms with Crippen molar-refractivity contribution in [2.75, 3.05) is 13.1 Å². The Kier molecular flexibility index (Phi) is 4.26. The Labute approximate surface area is 134 Å². The van der Waals surface area contributed by atoms with E-state index in [9.17, 15) is 4.79 Å². The molecule has 0 bridgehead atoms. The summed E-state index contributed by atoms with van der Waals surface area (Å²) in [7, 11) is 0. The summed E-state index contributed by atoms with van der Waals surface area (Å²) in [5.41, 5.74) is 2.34. The Morgan fingerprint density at radius 1 is 1.05 bits per heavy atom. The number of nitrogens with zero attached hydrogens (tertiary/aromatic N) is 1. The van der Waals surface area contributed by atoms with Crippen molar-refractivity contribution in [3.63, 3.8) is 0 Å². The Balaban J connectivity index is 1.68. The Bertz CT molecular complexity index is 525. The van der Waals surface area contributed by atoms with Crippen LogP contribution in [0.5, 0.6) is 0 Å². The van der Waals surface area contributed by atoms with Gasteiger partial charge in [0.1, 0.15) is 5.54 Å². The van der Waals surface area contributed by atoms with Crippen LogP contribution in [0.25, 0.3) is 0 Å². The Hall–Kier alpha value is -1.35. The van der Waals surface area contributed by atoms with Crippen molar-refractivity contribution in [1.29, 1.82) is 0 Å². The molecule has 3 rings (SSSR count). The molecule has 2 heterocycles. The van der Waals surface area contributed by atoms with Gasteiger partial charge in [0.05, 0.1) is 6.04 Å². The molecule has 1 atom stereocenters. The van der Waals surface area contributed by atoms with Gasteiger partial charge in [-0.05, 0) is 62.7 Å². The van der Waals surface area contributed by atoms with Crippen molar-refractivity contribution in [1.82, 2.24) is 10.2 Å². The van der Waals surface area contributed by atoms with E-state index < -0.39 is 0 Å². The molecule has 1 amide bonds. The highest BCUT2D eigenvalue weighted by Gasteiger charge is 2.50. The highest BCUT2D eigenvalue weighted by Crippen LogP contribution is 2.39. The lowest BCUT2D eigenvalue weighted by Crippen LogP contribution is -2.52. The number of hydrogen-bond donors (Lipinski definition) is 1. The van der Waals surface area contributed by atoms with Crippen LogP contribution in [0, 0.1) is 0 Å². The third-order valence-corrected chi connectivity index (χ3v) is 5.52. The first-order valence-corrected chi connectivity index (χ1v) is 8.69. The number of amides is 1. The minimum atomic E-state index is -0.202. The van der Waals surface area contributed by atoms with E-state index >= 15 is 0 Å². The third kappa shape index (κ3) is 2.67. The van der Waals surface area contributed by atoms with Crippen LogP contribution in [0.1, 0.15) is 69.5 Å². The molecular weight excluding hydrogens is 272 g/mol. The fourth-order valence-electron chi connectivity index (χ4n) is 4.06. The number of fused-ring (bicyclic) bond motifs is 1. The summed E-state index contributed by atoms with van der Waals surface area (Å²) in [5, 5.41) is 3.27. The highest BCUT2D eigenvalue weighted by atomic mass is 16.2. The summed E-state index contributed by atoms with van der Waals surface area (Å²) in [4.78, 5) is 15.3. The average Bonchev–Trinajstić information content (AvgIpc) is 3.07. The van der Waals surface area contributed by atoms with E-state index in [1.165, 1.54) is 11.1 Å². The molecule has 0 spiro atoms. The second-order valence-corrected chi connectivity index (χ2v) is 7.24. The predicted octanol–water partition coefficient (Wildman–Crippen LogP) is 3.62. The predicted molar refractivity (Wildman–Crippen MR) is 89.9 cm³/mol. The van der Waals surface area contributed by atoms with Gasteiger partial charge in [-0.3, -0.25) is 9.69 Å². The van der Waals surface area contributed by atoms with Crippen LogP contribution in [0.2, 0.25) is 0 Å². The number of benzene rings is 1. The standard InChI is InChI=1S/C19H28N2O/c1-14(2)16-6-8-17(9-7-16)15(3)20-18(22)19-10-4-12-21(19)13-5-11-19/h6-9,14-15H,4-5,10-13H2,1-3H3,(H,20,22). The fourth-order valence-corrected chi connectivity index (χ4v) is 4.06. The topological polar surface area (TPSA) is 32.3 Å². The average molecular weight is 300 g/mol. The SMILES string of the molecule is CC(C)c1ccc(C(C)NC(=O)C23CCCN2CCC3)cc1. The van der Waals surface area contributed by atoms with E-state index in [0.29, 0.717) is 5.92 Å². The molecule has 1 aromatic rings. The lowest BCUT2D eigenvalue weighted by atomic mass is 9.92. The van der Waals surface area contributed by atoms with Gasteiger partial charge in [0.25, 0.3) is 0 Å². The molecule has 3 nitrogen and oxygen atoms in total. The van der Waals surface area contributed by atoms with E-state index in [-0.39, 0.29) is 17.5 Å². The smallest absolute Gasteiger partial charge is 0.240 e. The van der Waals surface area contributed by atoms with Crippen LogP contribution in [0.3, 0.4) is 0 Å². The van der Waals surface area contributed by atoms with Crippen LogP contribution in [0.15, 0.2) is 24.3 Å². The van der Waals surface area contributed by atoms with Crippen LogP contribution in [0.4, 0.5) is 0 Å². The fraction of sp³-hybridized carbons (Fsp3) is 0.632. The monoisotopic (exact) mass is 300 g/mol. The van der Waals surface area contributed by atoms with Crippen LogP contribution < -0.4 is 5.32 Å². The minimum Gasteiger partial charge on any atom is -0.348 e. The molecule has 0 radical (unpaired) electrons. The van der Waals surface area contributed by atoms with E-state index in [0.717, 1.165) is 38.8 Å². The number of carbonyl (C=O) groups excluding carboxylic acids is 1. The number of nitrogens with one attached hydrogen (secondary N) is 1. The van der Waals surface area contributed by atoms with Gasteiger partial charge in [-0.15, -0.1) is 0 Å². The van der Waals surface area contributed by atoms with E-state index in [1.807, 2.05) is 0 Å². The maximum Gasteiger partial charge on any atom is 0.240 e. The molecule has 0 aliphatic carbocycles. The summed E-state index contributed by atoms with van der Waals surface area (Å²) in [6, 6.07) is 8.74. The second kappa shape index (κ2) is 6.04. The van der Waals surface area contributed by atoms with Crippen molar-refractivity contribution in [3.8, 4) is 0 Å². The molecule has 0 saturated carbocycles. The van der Waals surface area contributed by atoms with Crippen molar-refractivity contribution in [3.05, 3.63) is 35.4 Å². The number of carbonyl (C=O) groups is 1. The zero-order chi connectivity index (χ0) is 15.7. The zero-order valence-corrected chi connectivity index (χ0v) is 14.1. The van der Waals surface area contributed by atoms with Crippen molar-refractivity contribution >= 4 is 5.91 Å². The lowest BCUT2D eigenvalue weighted by molar-refractivity contribution is -0.131. The van der Waals surface area contributed by atoms with Gasteiger partial charge in [0, 0.05) is 0 Å². The van der Waals surface area contributed by atoms with Gasteiger partial charge in [-0.1, -0.05) is 38.1 Å². The third-order valence-electron chi connectivity index (χ3n) is 5.52. The van der Waals surface area contributed by atoms with Crippen LogP contribution in [-0.4, -0.2) is 29.4 Å². The normalized spacial score (nSPS) is 21.8. The van der Waals surface area contributed by atoms with Gasteiger partial charge in [0.2, 0.25) is 5.91 Å². The molecule has 120 valence electrons. The number of hydrogen-bond acceptors (Lipinski definition) is 2. The molecule has 1 unspecified atom stereocenters. The van der Waals surface area contributed by atoms with E-state index in [1.54, 1.807) is 0 Å². The molecule has 2 aliphatic rings. The summed E-state index contributed by atoms with van der Waals surface area (Å²) < 4.78 is 0. The maximum atomic E-state index is 12.9. The van der Waals surface area contributed by atoms with Gasteiger partial charge in [-0.2, -0.15) is 0 Å². The first-order valence-electron chi connectivity index (χ1n) is 8.69. The van der Waals surface area contributed by atoms with Crippen molar-refractivity contribution in [2.45, 2.75) is 64.0 Å². The Morgan fingerprint density at radius 2 is 1.59 bits per heavy atom. The Morgan fingerprint density at radius 3 is 2.14 bits per heavy atom. The van der Waals surface area contributed by atoms with Gasteiger partial charge in [0.15, 0.2) is 0 Å². The van der Waals surface area contributed by atoms with E-state index in [4.69, 9.17) is 0 Å². The van der Waals surface area contributed by atoms with Gasteiger partial charge in [-0.25, -0.2) is 0 Å². The highest BCUT2D eigenvalue weighted by molar-refractivity contribution is 5.87. The molecule has 2 fully saturated rings. The summed E-state index contributed by atoms with van der Waals surface area (Å²) in [5.74, 6) is 0.784. The van der Waals surface area contributed by atoms with Crippen molar-refractivity contribution < 1.29 is 4.79 Å². The molecule has 1 N–H and O–H groups in total. The largest absolute Gasteiger partial charge is 0.348 e. The van der Waals surface area contributed by atoms with Crippen LogP contribution >= 0.6 is 0 Å². The molecule has 2 aliphatic heterocycles. The first-order chi connectivity index (χ1) is 10.5. The first kappa shape index (κ1) is 15.5. The van der Waals surface area contributed by atoms with Gasteiger partial charge < -0.3 is 5.32 Å². The summed E-state index contributed by atoms with van der Waals surface area (Å²) in [6.07, 6.45) is 4.37. The zero-order valence-electron chi connectivity index (χ0n) is 14.1. The van der Waals surface area contributed by atoms with Gasteiger partial charge >= 0.3 is 0 Å². The molecule has 1 aromatic carbocycles. The second-order valence-electron chi connectivity index (χ2n) is 7.24. The van der Waals surface area contributed by atoms with Crippen molar-refractivity contribution in [2.24, 2.45) is 0 Å². The minimum absolute atomic E-state index is 0.0751. The number of rotatable bonds is 4. The van der Waals surface area contributed by atoms with E-state index in [2.05, 4.69) is 55.3 Å². The summed E-state index contributed by atoms with van der Waals surface area (Å²) >= 11 is 0. The molecule has 2 saturated heterocycles. The molecular formula is C19H28N2O. The summed E-state index contributed by atoms with van der Waals surface area (Å²) in [6.45, 7) is 8.67. The lowest BCUT2D eigenvalue weighted by Gasteiger charge is -2.32. The molecule has 22 heavy (non-hydrogen) atoms. The quantitative estimate of drug-likeness (QED) is 0.921. The van der Waals surface area contributed by atoms with Crippen LogP contribution in [-0.2, 0) is 4.79 Å². The molecule has 3 heteroatoms. The maximum absolute atomic E-state index is 12.9. The molecule has 0 aromatic heterocycles.